The van der Waals surface area contributed by atoms with E-state index in [9.17, 15) is 0 Å². The van der Waals surface area contributed by atoms with E-state index in [0.717, 1.165) is 26.2 Å². The molecule has 0 aliphatic heterocycles. The average molecular weight is 174 g/mol. The van der Waals surface area contributed by atoms with Gasteiger partial charge in [-0.25, -0.2) is 0 Å². The highest BCUT2D eigenvalue weighted by Crippen LogP contribution is 1.98. The van der Waals surface area contributed by atoms with Crippen LogP contribution in [0.25, 0.3) is 0 Å². The van der Waals surface area contributed by atoms with E-state index in [1.165, 1.54) is 25.7 Å². The van der Waals surface area contributed by atoms with Crippen LogP contribution in [0.1, 0.15) is 39.0 Å². The summed E-state index contributed by atoms with van der Waals surface area (Å²) >= 11 is 0. The van der Waals surface area contributed by atoms with Gasteiger partial charge in [-0.2, -0.15) is 0 Å². The Labute approximate surface area is 76.3 Å². The van der Waals surface area contributed by atoms with Gasteiger partial charge in [0, 0.05) is 26.9 Å². The first-order valence-corrected chi connectivity index (χ1v) is 4.98. The van der Waals surface area contributed by atoms with Gasteiger partial charge in [0.25, 0.3) is 0 Å². The molecule has 0 amide bonds. The number of unbranched alkanes of at least 4 members (excludes halogenated alkanes) is 3. The van der Waals surface area contributed by atoms with Crippen LogP contribution in [0.15, 0.2) is 0 Å². The fourth-order valence-corrected chi connectivity index (χ4v) is 1.04. The lowest BCUT2D eigenvalue weighted by Gasteiger charge is -2.02. The first-order valence-electron chi connectivity index (χ1n) is 4.98. The van der Waals surface area contributed by atoms with Crippen molar-refractivity contribution in [1.29, 1.82) is 0 Å². The van der Waals surface area contributed by atoms with E-state index >= 15 is 0 Å². The first-order chi connectivity index (χ1) is 5.91. The molecule has 0 saturated carbocycles. The van der Waals surface area contributed by atoms with Gasteiger partial charge < -0.3 is 9.47 Å². The summed E-state index contributed by atoms with van der Waals surface area (Å²) in [5, 5.41) is 0. The summed E-state index contributed by atoms with van der Waals surface area (Å²) in [5.41, 5.74) is 0. The van der Waals surface area contributed by atoms with Crippen molar-refractivity contribution in [3.8, 4) is 0 Å². The van der Waals surface area contributed by atoms with Gasteiger partial charge in [-0.3, -0.25) is 0 Å². The third-order valence-corrected chi connectivity index (χ3v) is 1.78. The van der Waals surface area contributed by atoms with Crippen molar-refractivity contribution < 1.29 is 9.47 Å². The highest BCUT2D eigenvalue weighted by Gasteiger charge is 1.89. The van der Waals surface area contributed by atoms with Crippen LogP contribution in [0, 0.1) is 0 Å². The molecule has 0 N–H and O–H groups in total. The molecule has 74 valence electrons. The number of hydrogen-bond donors (Lipinski definition) is 0. The molecule has 0 aromatic carbocycles. The fraction of sp³-hybridized carbons (Fsp3) is 1.00. The Bertz CT molecular complexity index is 64.2. The summed E-state index contributed by atoms with van der Waals surface area (Å²) in [6, 6.07) is 0. The maximum Gasteiger partial charge on any atom is 0.0487 e. The molecule has 0 aromatic rings. The number of hydrogen-bond acceptors (Lipinski definition) is 2. The SMILES string of the molecule is CCCCCCOCCCOC. The van der Waals surface area contributed by atoms with Crippen LogP contribution >= 0.6 is 0 Å². The summed E-state index contributed by atoms with van der Waals surface area (Å²) in [4.78, 5) is 0. The smallest absolute Gasteiger partial charge is 0.0487 e. The van der Waals surface area contributed by atoms with E-state index in [1.807, 2.05) is 0 Å². The Morgan fingerprint density at radius 1 is 0.833 bits per heavy atom. The summed E-state index contributed by atoms with van der Waals surface area (Å²) in [6.07, 6.45) is 6.16. The average Bonchev–Trinajstić information content (AvgIpc) is 2.10. The minimum atomic E-state index is 0.814. The molecule has 0 bridgehead atoms. The minimum Gasteiger partial charge on any atom is -0.385 e. The van der Waals surface area contributed by atoms with Crippen LogP contribution in [0.3, 0.4) is 0 Å². The molecule has 0 radical (unpaired) electrons. The van der Waals surface area contributed by atoms with Crippen LogP contribution in [-0.2, 0) is 9.47 Å². The van der Waals surface area contributed by atoms with Crippen molar-refractivity contribution in [2.75, 3.05) is 26.9 Å². The van der Waals surface area contributed by atoms with Gasteiger partial charge in [-0.05, 0) is 12.8 Å². The van der Waals surface area contributed by atoms with Gasteiger partial charge in [0.15, 0.2) is 0 Å². The summed E-state index contributed by atoms with van der Waals surface area (Å²) in [6.45, 7) is 4.80. The molecule has 0 unspecified atom stereocenters. The largest absolute Gasteiger partial charge is 0.385 e. The van der Waals surface area contributed by atoms with Crippen molar-refractivity contribution in [3.63, 3.8) is 0 Å². The van der Waals surface area contributed by atoms with Gasteiger partial charge in [-0.1, -0.05) is 26.2 Å². The standard InChI is InChI=1S/C10H22O2/c1-3-4-5-6-9-12-10-7-8-11-2/h3-10H2,1-2H3. The predicted molar refractivity (Wildman–Crippen MR) is 51.5 cm³/mol. The monoisotopic (exact) mass is 174 g/mol. The zero-order valence-electron chi connectivity index (χ0n) is 8.47. The lowest BCUT2D eigenvalue weighted by atomic mass is 10.2. The molecule has 0 heterocycles. The van der Waals surface area contributed by atoms with Crippen molar-refractivity contribution in [2.45, 2.75) is 39.0 Å². The molecule has 12 heavy (non-hydrogen) atoms. The van der Waals surface area contributed by atoms with E-state index < -0.39 is 0 Å². The van der Waals surface area contributed by atoms with E-state index in [4.69, 9.17) is 9.47 Å². The van der Waals surface area contributed by atoms with Gasteiger partial charge >= 0.3 is 0 Å². The van der Waals surface area contributed by atoms with Crippen LogP contribution in [0.4, 0.5) is 0 Å². The second-order valence-corrected chi connectivity index (χ2v) is 3.02. The van der Waals surface area contributed by atoms with Gasteiger partial charge in [0.1, 0.15) is 0 Å². The Balaban J connectivity index is 2.73. The molecule has 0 rings (SSSR count). The van der Waals surface area contributed by atoms with Gasteiger partial charge in [0.05, 0.1) is 0 Å². The highest BCUT2D eigenvalue weighted by molar-refractivity contribution is 4.40. The summed E-state index contributed by atoms with van der Waals surface area (Å²) in [7, 11) is 1.72. The Morgan fingerprint density at radius 2 is 1.58 bits per heavy atom. The minimum absolute atomic E-state index is 0.814. The zero-order valence-corrected chi connectivity index (χ0v) is 8.47. The quantitative estimate of drug-likeness (QED) is 0.500. The molecule has 0 saturated heterocycles. The Hall–Kier alpha value is -0.0800. The zero-order chi connectivity index (χ0) is 9.07. The molecule has 2 nitrogen and oxygen atoms in total. The van der Waals surface area contributed by atoms with E-state index in [-0.39, 0.29) is 0 Å². The Morgan fingerprint density at radius 3 is 2.25 bits per heavy atom. The number of methoxy groups -OCH3 is 1. The van der Waals surface area contributed by atoms with Crippen molar-refractivity contribution in [2.24, 2.45) is 0 Å². The van der Waals surface area contributed by atoms with Crippen LogP contribution < -0.4 is 0 Å². The third-order valence-electron chi connectivity index (χ3n) is 1.78. The van der Waals surface area contributed by atoms with Gasteiger partial charge in [0.2, 0.25) is 0 Å². The summed E-state index contributed by atoms with van der Waals surface area (Å²) in [5.74, 6) is 0. The van der Waals surface area contributed by atoms with Crippen molar-refractivity contribution in [1.82, 2.24) is 0 Å². The predicted octanol–water partition coefficient (Wildman–Crippen LogP) is 2.62. The molecular formula is C10H22O2. The molecule has 0 aliphatic carbocycles. The maximum atomic E-state index is 5.40. The van der Waals surface area contributed by atoms with Crippen LogP contribution in [0.2, 0.25) is 0 Å². The topological polar surface area (TPSA) is 18.5 Å². The van der Waals surface area contributed by atoms with E-state index in [0.29, 0.717) is 0 Å². The lowest BCUT2D eigenvalue weighted by Crippen LogP contribution is -2.00. The molecule has 0 spiro atoms. The molecular weight excluding hydrogens is 152 g/mol. The Kier molecular flexibility index (Phi) is 10.8. The van der Waals surface area contributed by atoms with Crippen molar-refractivity contribution >= 4 is 0 Å². The second kappa shape index (κ2) is 10.9. The van der Waals surface area contributed by atoms with E-state index in [2.05, 4.69) is 6.92 Å². The molecule has 0 atom stereocenters. The molecule has 0 fully saturated rings. The van der Waals surface area contributed by atoms with E-state index in [1.54, 1.807) is 7.11 Å². The second-order valence-electron chi connectivity index (χ2n) is 3.02. The van der Waals surface area contributed by atoms with Crippen molar-refractivity contribution in [3.05, 3.63) is 0 Å². The number of rotatable bonds is 9. The maximum absolute atomic E-state index is 5.40. The fourth-order valence-electron chi connectivity index (χ4n) is 1.04. The number of ether oxygens (including phenoxy) is 2. The molecule has 2 heteroatoms. The van der Waals surface area contributed by atoms with Gasteiger partial charge in [-0.15, -0.1) is 0 Å². The van der Waals surface area contributed by atoms with Crippen LogP contribution in [-0.4, -0.2) is 26.9 Å². The molecule has 0 aromatic heterocycles. The highest BCUT2D eigenvalue weighted by atomic mass is 16.5. The first kappa shape index (κ1) is 11.9. The summed E-state index contributed by atoms with van der Waals surface area (Å²) < 4.78 is 10.3. The third kappa shape index (κ3) is 9.92. The van der Waals surface area contributed by atoms with Crippen LogP contribution in [0.5, 0.6) is 0 Å². The lowest BCUT2D eigenvalue weighted by molar-refractivity contribution is 0.100. The molecule has 0 aliphatic rings. The normalized spacial score (nSPS) is 10.5.